The summed E-state index contributed by atoms with van der Waals surface area (Å²) < 4.78 is 20.0. The standard InChI is InChI=1S/C18H17FN4O3S2/c1-2-26-16(25)9-13-10-27-17(21-13)22-15(24)11-28-18-20-6-7-23(18)14-5-3-4-12(19)8-14/h3-8,10H,2,9,11H2,1H3,(H,21,22,24). The predicted molar refractivity (Wildman–Crippen MR) is 105 cm³/mol. The van der Waals surface area contributed by atoms with Crippen molar-refractivity contribution in [2.75, 3.05) is 17.7 Å². The Kier molecular flexibility index (Phi) is 6.77. The molecule has 0 aliphatic carbocycles. The van der Waals surface area contributed by atoms with Crippen molar-refractivity contribution < 1.29 is 18.7 Å². The van der Waals surface area contributed by atoms with Gasteiger partial charge in [0, 0.05) is 17.8 Å². The molecule has 1 aromatic carbocycles. The molecule has 1 amide bonds. The van der Waals surface area contributed by atoms with Crippen LogP contribution in [0.4, 0.5) is 9.52 Å². The fraction of sp³-hybridized carbons (Fsp3) is 0.222. The number of ether oxygens (including phenoxy) is 1. The number of nitrogens with zero attached hydrogens (tertiary/aromatic N) is 3. The van der Waals surface area contributed by atoms with Gasteiger partial charge in [-0.15, -0.1) is 11.3 Å². The first kappa shape index (κ1) is 20.0. The van der Waals surface area contributed by atoms with E-state index in [-0.39, 0.29) is 29.9 Å². The molecule has 0 aliphatic heterocycles. The minimum absolute atomic E-state index is 0.0695. The predicted octanol–water partition coefficient (Wildman–Crippen LogP) is 3.30. The summed E-state index contributed by atoms with van der Waals surface area (Å²) in [4.78, 5) is 32.1. The van der Waals surface area contributed by atoms with E-state index in [2.05, 4.69) is 15.3 Å². The van der Waals surface area contributed by atoms with Gasteiger partial charge in [0.1, 0.15) is 5.82 Å². The number of hydrogen-bond donors (Lipinski definition) is 1. The molecule has 0 saturated carbocycles. The highest BCUT2D eigenvalue weighted by Crippen LogP contribution is 2.22. The van der Waals surface area contributed by atoms with E-state index in [4.69, 9.17) is 4.74 Å². The number of imidazole rings is 1. The molecular weight excluding hydrogens is 403 g/mol. The largest absolute Gasteiger partial charge is 0.466 e. The number of nitrogens with one attached hydrogen (secondary N) is 1. The summed E-state index contributed by atoms with van der Waals surface area (Å²) in [5, 5.41) is 5.39. The molecule has 146 valence electrons. The normalized spacial score (nSPS) is 10.6. The van der Waals surface area contributed by atoms with Gasteiger partial charge in [0.2, 0.25) is 5.91 Å². The number of hydrogen-bond acceptors (Lipinski definition) is 7. The lowest BCUT2D eigenvalue weighted by Crippen LogP contribution is -2.14. The molecule has 2 heterocycles. The molecule has 7 nitrogen and oxygen atoms in total. The second-order valence-corrected chi connectivity index (χ2v) is 7.32. The van der Waals surface area contributed by atoms with Gasteiger partial charge in [-0.2, -0.15) is 0 Å². The van der Waals surface area contributed by atoms with Crippen molar-refractivity contribution in [3.8, 4) is 5.69 Å². The van der Waals surface area contributed by atoms with E-state index >= 15 is 0 Å². The maximum absolute atomic E-state index is 13.4. The van der Waals surface area contributed by atoms with Crippen LogP contribution in [0.5, 0.6) is 0 Å². The van der Waals surface area contributed by atoms with E-state index in [0.29, 0.717) is 28.3 Å². The molecule has 0 radical (unpaired) electrons. The third kappa shape index (κ3) is 5.40. The maximum atomic E-state index is 13.4. The molecule has 10 heteroatoms. The average molecular weight is 420 g/mol. The van der Waals surface area contributed by atoms with Crippen molar-refractivity contribution >= 4 is 40.1 Å². The Bertz CT molecular complexity index is 973. The number of halogens is 1. The molecule has 28 heavy (non-hydrogen) atoms. The van der Waals surface area contributed by atoms with Gasteiger partial charge in [0.05, 0.1) is 30.2 Å². The Morgan fingerprint density at radius 2 is 2.25 bits per heavy atom. The molecule has 1 N–H and O–H groups in total. The molecule has 0 bridgehead atoms. The zero-order valence-electron chi connectivity index (χ0n) is 14.9. The van der Waals surface area contributed by atoms with Gasteiger partial charge < -0.3 is 10.1 Å². The third-order valence-electron chi connectivity index (χ3n) is 3.45. The Morgan fingerprint density at radius 3 is 3.04 bits per heavy atom. The van der Waals surface area contributed by atoms with Crippen LogP contribution in [-0.4, -0.2) is 38.8 Å². The topological polar surface area (TPSA) is 86.1 Å². The van der Waals surface area contributed by atoms with E-state index in [9.17, 15) is 14.0 Å². The van der Waals surface area contributed by atoms with Gasteiger partial charge in [-0.05, 0) is 25.1 Å². The smallest absolute Gasteiger partial charge is 0.311 e. The molecule has 3 rings (SSSR count). The quantitative estimate of drug-likeness (QED) is 0.445. The Hall–Kier alpha value is -2.72. The van der Waals surface area contributed by atoms with Gasteiger partial charge in [-0.3, -0.25) is 14.2 Å². The van der Waals surface area contributed by atoms with Crippen molar-refractivity contribution in [1.82, 2.24) is 14.5 Å². The zero-order valence-corrected chi connectivity index (χ0v) is 16.6. The number of amides is 1. The summed E-state index contributed by atoms with van der Waals surface area (Å²) in [5.41, 5.74) is 1.18. The van der Waals surface area contributed by atoms with Crippen molar-refractivity contribution in [2.24, 2.45) is 0 Å². The Labute approximate surface area is 169 Å². The van der Waals surface area contributed by atoms with Crippen molar-refractivity contribution in [2.45, 2.75) is 18.5 Å². The fourth-order valence-corrected chi connectivity index (χ4v) is 3.81. The lowest BCUT2D eigenvalue weighted by molar-refractivity contribution is -0.142. The number of anilines is 1. The molecular formula is C18H17FN4O3S2. The van der Waals surface area contributed by atoms with Crippen LogP contribution >= 0.6 is 23.1 Å². The van der Waals surface area contributed by atoms with Crippen molar-refractivity contribution in [1.29, 1.82) is 0 Å². The number of carbonyl (C=O) groups excluding carboxylic acids is 2. The first-order chi connectivity index (χ1) is 13.5. The summed E-state index contributed by atoms with van der Waals surface area (Å²) >= 11 is 2.47. The summed E-state index contributed by atoms with van der Waals surface area (Å²) in [6.45, 7) is 2.05. The highest BCUT2D eigenvalue weighted by Gasteiger charge is 2.13. The van der Waals surface area contributed by atoms with E-state index in [1.54, 1.807) is 41.4 Å². The molecule has 2 aromatic heterocycles. The summed E-state index contributed by atoms with van der Waals surface area (Å²) in [5.74, 6) is -0.845. The van der Waals surface area contributed by atoms with Crippen LogP contribution in [0.25, 0.3) is 5.69 Å². The van der Waals surface area contributed by atoms with E-state index < -0.39 is 0 Å². The third-order valence-corrected chi connectivity index (χ3v) is 5.23. The molecule has 0 spiro atoms. The Balaban J connectivity index is 1.55. The van der Waals surface area contributed by atoms with E-state index in [1.165, 1.54) is 35.2 Å². The van der Waals surface area contributed by atoms with Gasteiger partial charge in [0.25, 0.3) is 0 Å². The monoisotopic (exact) mass is 420 g/mol. The van der Waals surface area contributed by atoms with Crippen LogP contribution in [0.3, 0.4) is 0 Å². The van der Waals surface area contributed by atoms with Gasteiger partial charge in [-0.1, -0.05) is 17.8 Å². The molecule has 3 aromatic rings. The number of esters is 1. The molecule has 0 fully saturated rings. The number of rotatable bonds is 8. The molecule has 0 atom stereocenters. The fourth-order valence-electron chi connectivity index (χ4n) is 2.31. The average Bonchev–Trinajstić information content (AvgIpc) is 3.29. The second-order valence-electron chi connectivity index (χ2n) is 5.52. The molecule has 0 aliphatic rings. The number of carbonyl (C=O) groups is 2. The molecule has 0 unspecified atom stereocenters. The Morgan fingerprint density at radius 1 is 1.39 bits per heavy atom. The second kappa shape index (κ2) is 9.47. The summed E-state index contributed by atoms with van der Waals surface area (Å²) in [7, 11) is 0. The van der Waals surface area contributed by atoms with Gasteiger partial charge in [-0.25, -0.2) is 14.4 Å². The summed E-state index contributed by atoms with van der Waals surface area (Å²) in [6.07, 6.45) is 3.37. The lowest BCUT2D eigenvalue weighted by Gasteiger charge is -2.07. The zero-order chi connectivity index (χ0) is 19.9. The first-order valence-corrected chi connectivity index (χ1v) is 10.2. The number of benzene rings is 1. The van der Waals surface area contributed by atoms with Gasteiger partial charge in [0.15, 0.2) is 10.3 Å². The van der Waals surface area contributed by atoms with Crippen LogP contribution in [0.15, 0.2) is 47.2 Å². The minimum atomic E-state index is -0.356. The summed E-state index contributed by atoms with van der Waals surface area (Å²) in [6, 6.07) is 6.13. The highest BCUT2D eigenvalue weighted by molar-refractivity contribution is 7.99. The first-order valence-electron chi connectivity index (χ1n) is 8.37. The van der Waals surface area contributed by atoms with Gasteiger partial charge >= 0.3 is 5.97 Å². The molecule has 0 saturated heterocycles. The van der Waals surface area contributed by atoms with Crippen molar-refractivity contribution in [3.05, 3.63) is 53.6 Å². The lowest BCUT2D eigenvalue weighted by atomic mass is 10.3. The SMILES string of the molecule is CCOC(=O)Cc1csc(NC(=O)CSc2nccn2-c2cccc(F)c2)n1. The number of thiazole rings is 1. The van der Waals surface area contributed by atoms with Crippen LogP contribution in [-0.2, 0) is 20.7 Å². The number of aromatic nitrogens is 3. The number of thioether (sulfide) groups is 1. The van der Waals surface area contributed by atoms with Crippen molar-refractivity contribution in [3.63, 3.8) is 0 Å². The minimum Gasteiger partial charge on any atom is -0.466 e. The van der Waals surface area contributed by atoms with Crippen LogP contribution in [0.2, 0.25) is 0 Å². The van der Waals surface area contributed by atoms with E-state index in [0.717, 1.165) is 0 Å². The van der Waals surface area contributed by atoms with Crippen LogP contribution in [0.1, 0.15) is 12.6 Å². The van der Waals surface area contributed by atoms with Crippen LogP contribution in [0, 0.1) is 5.82 Å². The highest BCUT2D eigenvalue weighted by atomic mass is 32.2. The van der Waals surface area contributed by atoms with Crippen LogP contribution < -0.4 is 5.32 Å². The van der Waals surface area contributed by atoms with E-state index in [1.807, 2.05) is 0 Å². The maximum Gasteiger partial charge on any atom is 0.311 e.